The van der Waals surface area contributed by atoms with Gasteiger partial charge in [0.05, 0.1) is 0 Å². The van der Waals surface area contributed by atoms with Crippen LogP contribution < -0.4 is 0 Å². The maximum atomic E-state index is 4.69. The normalized spacial score (nSPS) is 11.6. The summed E-state index contributed by atoms with van der Waals surface area (Å²) in [6.45, 7) is 5.79. The van der Waals surface area contributed by atoms with Crippen molar-refractivity contribution in [2.45, 2.75) is 245 Å². The molecule has 0 amide bonds. The summed E-state index contributed by atoms with van der Waals surface area (Å²) < 4.78 is 2.44. The van der Waals surface area contributed by atoms with E-state index in [2.05, 4.69) is 29.6 Å². The Bertz CT molecular complexity index is 583. The number of hydrogen-bond donors (Lipinski definition) is 0. The molecule has 0 aliphatic rings. The van der Waals surface area contributed by atoms with Gasteiger partial charge in [0.15, 0.2) is 0 Å². The summed E-state index contributed by atoms with van der Waals surface area (Å²) in [5.74, 6) is 1.33. The third-order valence-electron chi connectivity index (χ3n) is 9.81. The van der Waals surface area contributed by atoms with E-state index in [1.165, 1.54) is 237 Å². The van der Waals surface area contributed by atoms with E-state index in [0.717, 1.165) is 0 Å². The second-order valence-corrected chi connectivity index (χ2v) is 14.1. The first-order chi connectivity index (χ1) is 21.4. The topological polar surface area (TPSA) is 17.8 Å². The van der Waals surface area contributed by atoms with Gasteiger partial charge in [0.25, 0.3) is 0 Å². The third-order valence-corrected chi connectivity index (χ3v) is 9.81. The Kier molecular flexibility index (Phi) is 31.9. The Balaban J connectivity index is 1.81. The van der Waals surface area contributed by atoms with Crippen molar-refractivity contribution in [2.24, 2.45) is 0 Å². The predicted octanol–water partition coefficient (Wildman–Crippen LogP) is 14.7. The molecule has 254 valence electrons. The average Bonchev–Trinajstić information content (AvgIpc) is 3.47. The fourth-order valence-corrected chi connectivity index (χ4v) is 6.79. The molecule has 1 heterocycles. The lowest BCUT2D eigenvalue weighted by molar-refractivity contribution is 0.512. The van der Waals surface area contributed by atoms with Gasteiger partial charge >= 0.3 is 0 Å². The van der Waals surface area contributed by atoms with Crippen molar-refractivity contribution in [1.82, 2.24) is 9.55 Å². The molecule has 0 aromatic carbocycles. The van der Waals surface area contributed by atoms with Gasteiger partial charge in [0, 0.05) is 25.4 Å². The molecule has 0 bridgehead atoms. The summed E-state index contributed by atoms with van der Waals surface area (Å²) in [5.41, 5.74) is 0. The first-order valence-corrected chi connectivity index (χ1v) is 20.4. The molecule has 0 saturated carbocycles. The number of hydrogen-bond acceptors (Lipinski definition) is 1. The molecule has 2 heteroatoms. The second-order valence-electron chi connectivity index (χ2n) is 14.1. The van der Waals surface area contributed by atoms with Crippen LogP contribution in [0.5, 0.6) is 0 Å². The lowest BCUT2D eigenvalue weighted by Crippen LogP contribution is -2.03. The van der Waals surface area contributed by atoms with Crippen molar-refractivity contribution < 1.29 is 0 Å². The van der Waals surface area contributed by atoms with E-state index in [1.54, 1.807) is 0 Å². The van der Waals surface area contributed by atoms with Crippen molar-refractivity contribution >= 4 is 0 Å². The fraction of sp³-hybridized carbons (Fsp3) is 0.927. The van der Waals surface area contributed by atoms with Gasteiger partial charge in [-0.1, -0.05) is 219 Å². The molecule has 0 spiro atoms. The highest BCUT2D eigenvalue weighted by atomic mass is 15.1. The van der Waals surface area contributed by atoms with Crippen LogP contribution >= 0.6 is 0 Å². The Morgan fingerprint density at radius 2 is 0.651 bits per heavy atom. The van der Waals surface area contributed by atoms with Crippen molar-refractivity contribution in [1.29, 1.82) is 0 Å². The van der Waals surface area contributed by atoms with E-state index in [1.807, 2.05) is 6.20 Å². The summed E-state index contributed by atoms with van der Waals surface area (Å²) in [6.07, 6.45) is 54.4. The first kappa shape index (κ1) is 40.2. The third kappa shape index (κ3) is 28.4. The molecular weight excluding hydrogens is 520 g/mol. The van der Waals surface area contributed by atoms with E-state index in [9.17, 15) is 0 Å². The van der Waals surface area contributed by atoms with Gasteiger partial charge < -0.3 is 4.57 Å². The van der Waals surface area contributed by atoms with Crippen LogP contribution in [0.4, 0.5) is 0 Å². The molecule has 43 heavy (non-hydrogen) atoms. The predicted molar refractivity (Wildman–Crippen MR) is 194 cm³/mol. The van der Waals surface area contributed by atoms with Crippen LogP contribution in [-0.4, -0.2) is 9.55 Å². The van der Waals surface area contributed by atoms with Crippen LogP contribution in [0.2, 0.25) is 0 Å². The molecule has 0 aliphatic heterocycles. The van der Waals surface area contributed by atoms with Crippen LogP contribution in [0.15, 0.2) is 12.4 Å². The molecule has 0 fully saturated rings. The minimum atomic E-state index is 1.17. The molecule has 0 N–H and O–H groups in total. The zero-order chi connectivity index (χ0) is 30.7. The summed E-state index contributed by atoms with van der Waals surface area (Å²) in [4.78, 5) is 4.69. The summed E-state index contributed by atoms with van der Waals surface area (Å²) in [5, 5.41) is 0. The highest BCUT2D eigenvalue weighted by molar-refractivity contribution is 4.92. The van der Waals surface area contributed by atoms with Gasteiger partial charge in [-0.25, -0.2) is 4.98 Å². The maximum Gasteiger partial charge on any atom is 0.108 e. The molecule has 1 aromatic heterocycles. The van der Waals surface area contributed by atoms with Gasteiger partial charge in [-0.3, -0.25) is 0 Å². The van der Waals surface area contributed by atoms with Gasteiger partial charge in [-0.15, -0.1) is 0 Å². The SMILES string of the molecule is CCCCCCCCCCCCCCCCCCCc1nccn1CCCCCCCCCCCCCCCCCCC. The van der Waals surface area contributed by atoms with Gasteiger partial charge in [0.2, 0.25) is 0 Å². The molecule has 0 atom stereocenters. The van der Waals surface area contributed by atoms with E-state index in [4.69, 9.17) is 0 Å². The lowest BCUT2D eigenvalue weighted by atomic mass is 10.0. The van der Waals surface area contributed by atoms with Crippen LogP contribution in [0.25, 0.3) is 0 Å². The van der Waals surface area contributed by atoms with E-state index < -0.39 is 0 Å². The summed E-state index contributed by atoms with van der Waals surface area (Å²) >= 11 is 0. The number of aromatic nitrogens is 2. The number of aryl methyl sites for hydroxylation is 2. The maximum absolute atomic E-state index is 4.69. The smallest absolute Gasteiger partial charge is 0.108 e. The highest BCUT2D eigenvalue weighted by Gasteiger charge is 2.03. The van der Waals surface area contributed by atoms with Crippen LogP contribution in [-0.2, 0) is 13.0 Å². The Labute approximate surface area is 272 Å². The lowest BCUT2D eigenvalue weighted by Gasteiger charge is -2.08. The average molecular weight is 601 g/mol. The Morgan fingerprint density at radius 3 is 0.977 bits per heavy atom. The van der Waals surface area contributed by atoms with Crippen LogP contribution in [0, 0.1) is 0 Å². The van der Waals surface area contributed by atoms with Crippen LogP contribution in [0.3, 0.4) is 0 Å². The van der Waals surface area contributed by atoms with E-state index in [0.29, 0.717) is 0 Å². The number of unbranched alkanes of at least 4 members (excludes halogenated alkanes) is 32. The van der Waals surface area contributed by atoms with Gasteiger partial charge in [-0.05, 0) is 12.8 Å². The van der Waals surface area contributed by atoms with Crippen molar-refractivity contribution in [3.63, 3.8) is 0 Å². The van der Waals surface area contributed by atoms with E-state index in [-0.39, 0.29) is 0 Å². The monoisotopic (exact) mass is 601 g/mol. The molecule has 2 nitrogen and oxygen atoms in total. The second kappa shape index (κ2) is 34.1. The number of rotatable bonds is 36. The summed E-state index contributed by atoms with van der Waals surface area (Å²) in [6, 6.07) is 0. The number of nitrogens with zero attached hydrogens (tertiary/aromatic N) is 2. The largest absolute Gasteiger partial charge is 0.335 e. The van der Waals surface area contributed by atoms with Crippen LogP contribution in [0.1, 0.15) is 238 Å². The standard InChI is InChI=1S/C41H80N2/c1-3-5-7-9-11-13-15-17-19-21-23-25-27-29-31-33-35-37-41-42-38-40-43(41)39-36-34-32-30-28-26-24-22-20-18-16-14-12-10-8-6-4-2/h38,40H,3-37,39H2,1-2H3. The zero-order valence-corrected chi connectivity index (χ0v) is 30.0. The van der Waals surface area contributed by atoms with E-state index >= 15 is 0 Å². The zero-order valence-electron chi connectivity index (χ0n) is 30.0. The van der Waals surface area contributed by atoms with Crippen molar-refractivity contribution in [2.75, 3.05) is 0 Å². The van der Waals surface area contributed by atoms with Gasteiger partial charge in [-0.2, -0.15) is 0 Å². The van der Waals surface area contributed by atoms with Crippen molar-refractivity contribution in [3.05, 3.63) is 18.2 Å². The first-order valence-electron chi connectivity index (χ1n) is 20.4. The minimum Gasteiger partial charge on any atom is -0.335 e. The Hall–Kier alpha value is -0.790. The molecule has 1 rings (SSSR count). The summed E-state index contributed by atoms with van der Waals surface area (Å²) in [7, 11) is 0. The molecule has 0 radical (unpaired) electrons. The Morgan fingerprint density at radius 1 is 0.372 bits per heavy atom. The molecule has 0 aliphatic carbocycles. The molecule has 0 saturated heterocycles. The molecule has 0 unspecified atom stereocenters. The number of imidazole rings is 1. The minimum absolute atomic E-state index is 1.17. The van der Waals surface area contributed by atoms with Gasteiger partial charge in [0.1, 0.15) is 5.82 Å². The quantitative estimate of drug-likeness (QED) is 0.0700. The fourth-order valence-electron chi connectivity index (χ4n) is 6.79. The molecular formula is C41H80N2. The highest BCUT2D eigenvalue weighted by Crippen LogP contribution is 2.16. The molecule has 1 aromatic rings. The van der Waals surface area contributed by atoms with Crippen molar-refractivity contribution in [3.8, 4) is 0 Å².